The van der Waals surface area contributed by atoms with Crippen LogP contribution in [-0.2, 0) is 0 Å². The van der Waals surface area contributed by atoms with E-state index < -0.39 is 10.8 Å². The van der Waals surface area contributed by atoms with Crippen molar-refractivity contribution in [3.8, 4) is 11.3 Å². The normalized spacial score (nSPS) is 11.3. The maximum atomic E-state index is 13.0. The Hall–Kier alpha value is -3.88. The van der Waals surface area contributed by atoms with Crippen LogP contribution in [0.1, 0.15) is 23.0 Å². The molecule has 3 aromatic rings. The van der Waals surface area contributed by atoms with Gasteiger partial charge in [-0.3, -0.25) is 20.0 Å². The standard InChI is InChI=1S/C18H14FN5O3/c1-11(12-4-8-15(9-5-12)24(26)27)20-23-18(25)17-10-16(21-22-17)13-2-6-14(19)7-3-13/h2-10H,1H3,(H,21,22)(H,23,25)/b20-11-. The zero-order valence-corrected chi connectivity index (χ0v) is 14.1. The molecule has 1 heterocycles. The van der Waals surface area contributed by atoms with Gasteiger partial charge < -0.3 is 0 Å². The van der Waals surface area contributed by atoms with Crippen LogP contribution in [0.3, 0.4) is 0 Å². The van der Waals surface area contributed by atoms with Gasteiger partial charge in [-0.15, -0.1) is 0 Å². The van der Waals surface area contributed by atoms with Gasteiger partial charge in [0.25, 0.3) is 11.6 Å². The van der Waals surface area contributed by atoms with Crippen molar-refractivity contribution in [2.75, 3.05) is 0 Å². The molecule has 0 aliphatic carbocycles. The van der Waals surface area contributed by atoms with Gasteiger partial charge in [-0.05, 0) is 55.0 Å². The number of nitro groups is 1. The fraction of sp³-hybridized carbons (Fsp3) is 0.0556. The first-order valence-electron chi connectivity index (χ1n) is 7.85. The number of aromatic amines is 1. The second kappa shape index (κ2) is 7.56. The van der Waals surface area contributed by atoms with E-state index in [1.54, 1.807) is 31.2 Å². The van der Waals surface area contributed by atoms with Crippen LogP contribution in [0.2, 0.25) is 0 Å². The number of aromatic nitrogens is 2. The number of nitro benzene ring substituents is 1. The van der Waals surface area contributed by atoms with Gasteiger partial charge in [-0.1, -0.05) is 0 Å². The summed E-state index contributed by atoms with van der Waals surface area (Å²) in [5.74, 6) is -0.861. The minimum Gasteiger partial charge on any atom is -0.272 e. The molecule has 2 N–H and O–H groups in total. The lowest BCUT2D eigenvalue weighted by molar-refractivity contribution is -0.384. The quantitative estimate of drug-likeness (QED) is 0.409. The molecule has 0 saturated carbocycles. The first kappa shape index (κ1) is 17.9. The Labute approximate surface area is 152 Å². The maximum Gasteiger partial charge on any atom is 0.289 e. The molecule has 0 bridgehead atoms. The van der Waals surface area contributed by atoms with E-state index in [4.69, 9.17) is 0 Å². The van der Waals surface area contributed by atoms with Crippen LogP contribution in [0.5, 0.6) is 0 Å². The van der Waals surface area contributed by atoms with E-state index in [0.717, 1.165) is 0 Å². The van der Waals surface area contributed by atoms with Gasteiger partial charge in [0.05, 0.1) is 16.3 Å². The van der Waals surface area contributed by atoms with Crippen molar-refractivity contribution in [2.24, 2.45) is 5.10 Å². The number of rotatable bonds is 5. The topological polar surface area (TPSA) is 113 Å². The molecule has 9 heteroatoms. The number of hydrazone groups is 1. The highest BCUT2D eigenvalue weighted by Crippen LogP contribution is 2.18. The molecule has 0 unspecified atom stereocenters. The lowest BCUT2D eigenvalue weighted by atomic mass is 10.1. The third kappa shape index (κ3) is 4.21. The molecule has 1 aromatic heterocycles. The number of non-ortho nitro benzene ring substituents is 1. The summed E-state index contributed by atoms with van der Waals surface area (Å²) in [5, 5.41) is 21.3. The summed E-state index contributed by atoms with van der Waals surface area (Å²) in [6, 6.07) is 13.1. The van der Waals surface area contributed by atoms with Crippen molar-refractivity contribution >= 4 is 17.3 Å². The Morgan fingerprint density at radius 3 is 2.48 bits per heavy atom. The summed E-state index contributed by atoms with van der Waals surface area (Å²) in [5.41, 5.74) is 4.84. The zero-order chi connectivity index (χ0) is 19.4. The summed E-state index contributed by atoms with van der Waals surface area (Å²) >= 11 is 0. The largest absolute Gasteiger partial charge is 0.289 e. The van der Waals surface area contributed by atoms with Crippen LogP contribution in [0, 0.1) is 15.9 Å². The fourth-order valence-electron chi connectivity index (χ4n) is 2.29. The minimum atomic E-state index is -0.503. The molecule has 0 aliphatic heterocycles. The second-order valence-electron chi connectivity index (χ2n) is 5.62. The molecule has 136 valence electrons. The lowest BCUT2D eigenvalue weighted by Crippen LogP contribution is -2.19. The summed E-state index contributed by atoms with van der Waals surface area (Å²) in [6.07, 6.45) is 0. The first-order chi connectivity index (χ1) is 12.9. The van der Waals surface area contributed by atoms with Crippen molar-refractivity contribution in [3.63, 3.8) is 0 Å². The number of H-pyrrole nitrogens is 1. The van der Waals surface area contributed by atoms with Gasteiger partial charge in [0.2, 0.25) is 0 Å². The molecule has 0 atom stereocenters. The van der Waals surface area contributed by atoms with E-state index >= 15 is 0 Å². The predicted molar refractivity (Wildman–Crippen MR) is 96.8 cm³/mol. The van der Waals surface area contributed by atoms with Crippen LogP contribution >= 0.6 is 0 Å². The number of carbonyl (C=O) groups is 1. The van der Waals surface area contributed by atoms with Gasteiger partial charge in [-0.25, -0.2) is 9.82 Å². The monoisotopic (exact) mass is 367 g/mol. The van der Waals surface area contributed by atoms with E-state index in [2.05, 4.69) is 20.7 Å². The SMILES string of the molecule is C/C(=N/NC(=O)c1cc(-c2ccc(F)cc2)n[nH]1)c1ccc([N+](=O)[O-])cc1. The zero-order valence-electron chi connectivity index (χ0n) is 14.1. The van der Waals surface area contributed by atoms with Gasteiger partial charge >= 0.3 is 0 Å². The first-order valence-corrected chi connectivity index (χ1v) is 7.85. The molecule has 0 spiro atoms. The molecule has 2 aromatic carbocycles. The Morgan fingerprint density at radius 1 is 1.19 bits per heavy atom. The Kier molecular flexibility index (Phi) is 5.02. The molecular weight excluding hydrogens is 353 g/mol. The highest BCUT2D eigenvalue weighted by Gasteiger charge is 2.11. The Bertz CT molecular complexity index is 1010. The van der Waals surface area contributed by atoms with E-state index in [0.29, 0.717) is 22.5 Å². The second-order valence-corrected chi connectivity index (χ2v) is 5.62. The van der Waals surface area contributed by atoms with E-state index in [1.165, 1.54) is 30.3 Å². The third-order valence-electron chi connectivity index (χ3n) is 3.78. The third-order valence-corrected chi connectivity index (χ3v) is 3.78. The number of halogens is 1. The number of nitrogens with zero attached hydrogens (tertiary/aromatic N) is 3. The van der Waals surface area contributed by atoms with Crippen molar-refractivity contribution in [1.29, 1.82) is 0 Å². The summed E-state index contributed by atoms with van der Waals surface area (Å²) in [4.78, 5) is 22.4. The van der Waals surface area contributed by atoms with Crippen LogP contribution in [0.15, 0.2) is 59.7 Å². The molecule has 0 saturated heterocycles. The van der Waals surface area contributed by atoms with Crippen molar-refractivity contribution in [2.45, 2.75) is 6.92 Å². The van der Waals surface area contributed by atoms with Crippen LogP contribution in [0.25, 0.3) is 11.3 Å². The summed E-state index contributed by atoms with van der Waals surface area (Å²) in [6.45, 7) is 1.67. The molecule has 3 rings (SSSR count). The van der Waals surface area contributed by atoms with E-state index in [9.17, 15) is 19.3 Å². The van der Waals surface area contributed by atoms with Crippen molar-refractivity contribution in [1.82, 2.24) is 15.6 Å². The molecule has 1 amide bonds. The number of hydrogen-bond donors (Lipinski definition) is 2. The van der Waals surface area contributed by atoms with Gasteiger partial charge in [0.1, 0.15) is 11.5 Å². The van der Waals surface area contributed by atoms with Crippen LogP contribution in [0.4, 0.5) is 10.1 Å². The van der Waals surface area contributed by atoms with Crippen LogP contribution < -0.4 is 5.43 Å². The number of nitrogens with one attached hydrogen (secondary N) is 2. The van der Waals surface area contributed by atoms with Crippen LogP contribution in [-0.4, -0.2) is 26.7 Å². The van der Waals surface area contributed by atoms with E-state index in [1.807, 2.05) is 0 Å². The Balaban J connectivity index is 1.69. The van der Waals surface area contributed by atoms with Gasteiger partial charge in [-0.2, -0.15) is 10.2 Å². The van der Waals surface area contributed by atoms with E-state index in [-0.39, 0.29) is 17.2 Å². The number of carbonyl (C=O) groups excluding carboxylic acids is 1. The van der Waals surface area contributed by atoms with Crippen molar-refractivity contribution < 1.29 is 14.1 Å². The lowest BCUT2D eigenvalue weighted by Gasteiger charge is -2.01. The molecule has 0 fully saturated rings. The molecule has 0 radical (unpaired) electrons. The molecule has 8 nitrogen and oxygen atoms in total. The number of benzene rings is 2. The fourth-order valence-corrected chi connectivity index (χ4v) is 2.29. The number of amides is 1. The van der Waals surface area contributed by atoms with Crippen molar-refractivity contribution in [3.05, 3.63) is 81.8 Å². The highest BCUT2D eigenvalue weighted by molar-refractivity contribution is 6.00. The summed E-state index contributed by atoms with van der Waals surface area (Å²) < 4.78 is 13.0. The predicted octanol–water partition coefficient (Wildman–Crippen LogP) is 3.28. The summed E-state index contributed by atoms with van der Waals surface area (Å²) in [7, 11) is 0. The molecular formula is C18H14FN5O3. The minimum absolute atomic E-state index is 0.0265. The average Bonchev–Trinajstić information content (AvgIpc) is 3.16. The average molecular weight is 367 g/mol. The molecule has 0 aliphatic rings. The number of hydrogen-bond acceptors (Lipinski definition) is 5. The Morgan fingerprint density at radius 2 is 1.85 bits per heavy atom. The highest BCUT2D eigenvalue weighted by atomic mass is 19.1. The molecule has 27 heavy (non-hydrogen) atoms. The van der Waals surface area contributed by atoms with Gasteiger partial charge in [0.15, 0.2) is 0 Å². The van der Waals surface area contributed by atoms with Gasteiger partial charge in [0, 0.05) is 17.7 Å². The smallest absolute Gasteiger partial charge is 0.272 e. The maximum absolute atomic E-state index is 13.0.